The molecular formula is C16H20FNOS. The molecule has 4 heteroatoms. The van der Waals surface area contributed by atoms with Crippen LogP contribution >= 0.6 is 11.8 Å². The Kier molecular flexibility index (Phi) is 5.26. The lowest BCUT2D eigenvalue weighted by Gasteiger charge is -2.07. The summed E-state index contributed by atoms with van der Waals surface area (Å²) < 4.78 is 19.2. The summed E-state index contributed by atoms with van der Waals surface area (Å²) >= 11 is 1.74. The lowest BCUT2D eigenvalue weighted by Crippen LogP contribution is -2.12. The first kappa shape index (κ1) is 15.1. The van der Waals surface area contributed by atoms with E-state index in [0.717, 1.165) is 22.8 Å². The van der Waals surface area contributed by atoms with Gasteiger partial charge < -0.3 is 9.73 Å². The van der Waals surface area contributed by atoms with E-state index in [1.807, 2.05) is 24.3 Å². The third-order valence-electron chi connectivity index (χ3n) is 3.13. The molecule has 1 aromatic carbocycles. The van der Waals surface area contributed by atoms with Gasteiger partial charge in [-0.1, -0.05) is 12.1 Å². The van der Waals surface area contributed by atoms with Gasteiger partial charge in [0.2, 0.25) is 0 Å². The molecule has 0 unspecified atom stereocenters. The first-order valence-electron chi connectivity index (χ1n) is 6.63. The summed E-state index contributed by atoms with van der Waals surface area (Å²) in [5.74, 6) is 2.73. The van der Waals surface area contributed by atoms with Crippen LogP contribution in [0.5, 0.6) is 0 Å². The maximum atomic E-state index is 13.5. The molecule has 0 spiro atoms. The Bertz CT molecular complexity index is 557. The molecule has 0 aliphatic heterocycles. The fourth-order valence-electron chi connectivity index (χ4n) is 2.20. The number of thioether (sulfide) groups is 1. The molecule has 0 aliphatic rings. The van der Waals surface area contributed by atoms with Crippen molar-refractivity contribution in [3.05, 3.63) is 58.3 Å². The number of nitrogens with one attached hydrogen (secondary N) is 1. The summed E-state index contributed by atoms with van der Waals surface area (Å²) in [7, 11) is 0. The number of hydrogen-bond donors (Lipinski definition) is 1. The first-order valence-corrected chi connectivity index (χ1v) is 8.02. The Morgan fingerprint density at radius 2 is 1.75 bits per heavy atom. The number of benzene rings is 1. The maximum Gasteiger partial charge on any atom is 0.129 e. The van der Waals surface area contributed by atoms with Crippen LogP contribution in [0.15, 0.2) is 28.7 Å². The molecular weight excluding hydrogens is 273 g/mol. The van der Waals surface area contributed by atoms with Crippen molar-refractivity contribution in [2.45, 2.75) is 32.7 Å². The molecule has 0 atom stereocenters. The van der Waals surface area contributed by atoms with Gasteiger partial charge in [-0.3, -0.25) is 0 Å². The largest absolute Gasteiger partial charge is 0.464 e. The lowest BCUT2D eigenvalue weighted by atomic mass is 10.1. The van der Waals surface area contributed by atoms with Gasteiger partial charge in [-0.25, -0.2) is 4.39 Å². The molecule has 0 saturated heterocycles. The molecule has 0 radical (unpaired) electrons. The molecule has 2 rings (SSSR count). The first-order chi connectivity index (χ1) is 9.60. The molecule has 0 amide bonds. The van der Waals surface area contributed by atoms with Crippen molar-refractivity contribution in [2.24, 2.45) is 0 Å². The van der Waals surface area contributed by atoms with Gasteiger partial charge >= 0.3 is 0 Å². The lowest BCUT2D eigenvalue weighted by molar-refractivity contribution is 0.459. The van der Waals surface area contributed by atoms with Crippen LogP contribution in [0.4, 0.5) is 4.39 Å². The Morgan fingerprint density at radius 3 is 2.40 bits per heavy atom. The van der Waals surface area contributed by atoms with E-state index in [1.165, 1.54) is 0 Å². The summed E-state index contributed by atoms with van der Waals surface area (Å²) in [6.07, 6.45) is 2.06. The predicted octanol–water partition coefficient (Wildman–Crippen LogP) is 4.19. The van der Waals surface area contributed by atoms with Crippen LogP contribution in [0.25, 0.3) is 0 Å². The van der Waals surface area contributed by atoms with Gasteiger partial charge in [0, 0.05) is 6.54 Å². The van der Waals surface area contributed by atoms with E-state index < -0.39 is 0 Å². The highest BCUT2D eigenvalue weighted by atomic mass is 32.2. The molecule has 2 aromatic rings. The van der Waals surface area contributed by atoms with E-state index in [2.05, 4.69) is 11.6 Å². The average Bonchev–Trinajstić information content (AvgIpc) is 2.84. The van der Waals surface area contributed by atoms with Crippen molar-refractivity contribution in [2.75, 3.05) is 6.26 Å². The molecule has 2 nitrogen and oxygen atoms in total. The van der Waals surface area contributed by atoms with Gasteiger partial charge in [-0.15, -0.1) is 0 Å². The summed E-state index contributed by atoms with van der Waals surface area (Å²) in [4.78, 5) is 0. The van der Waals surface area contributed by atoms with E-state index >= 15 is 0 Å². The zero-order valence-corrected chi connectivity index (χ0v) is 12.9. The molecule has 0 aliphatic carbocycles. The zero-order valence-electron chi connectivity index (χ0n) is 12.1. The zero-order chi connectivity index (χ0) is 14.5. The topological polar surface area (TPSA) is 25.2 Å². The van der Waals surface area contributed by atoms with Crippen molar-refractivity contribution in [3.63, 3.8) is 0 Å². The van der Waals surface area contributed by atoms with Crippen molar-refractivity contribution in [1.82, 2.24) is 5.32 Å². The molecule has 0 bridgehead atoms. The molecule has 1 heterocycles. The smallest absolute Gasteiger partial charge is 0.129 e. The minimum absolute atomic E-state index is 0.110. The molecule has 0 fully saturated rings. The summed E-state index contributed by atoms with van der Waals surface area (Å²) in [6.45, 7) is 4.99. The summed E-state index contributed by atoms with van der Waals surface area (Å²) in [5.41, 5.74) is 2.49. The van der Waals surface area contributed by atoms with Gasteiger partial charge in [0.05, 0.1) is 12.3 Å². The fraction of sp³-hybridized carbons (Fsp3) is 0.375. The standard InChI is InChI=1S/C16H20FNOS/c1-11-6-13(7-12(2)16(11)17)8-18-9-14-4-5-15(19-14)10-20-3/h4-7,18H,8-10H2,1-3H3. The van der Waals surface area contributed by atoms with E-state index in [9.17, 15) is 4.39 Å². The van der Waals surface area contributed by atoms with Gasteiger partial charge in [0.15, 0.2) is 0 Å². The predicted molar refractivity (Wildman–Crippen MR) is 82.3 cm³/mol. The van der Waals surface area contributed by atoms with Crippen LogP contribution in [0.3, 0.4) is 0 Å². The minimum Gasteiger partial charge on any atom is -0.464 e. The van der Waals surface area contributed by atoms with Crippen LogP contribution in [0.2, 0.25) is 0 Å². The highest BCUT2D eigenvalue weighted by molar-refractivity contribution is 7.97. The second kappa shape index (κ2) is 6.95. The van der Waals surface area contributed by atoms with Crippen molar-refractivity contribution >= 4 is 11.8 Å². The number of hydrogen-bond acceptors (Lipinski definition) is 3. The Labute approximate surface area is 123 Å². The van der Waals surface area contributed by atoms with Crippen molar-refractivity contribution in [1.29, 1.82) is 0 Å². The van der Waals surface area contributed by atoms with Gasteiger partial charge in [0.1, 0.15) is 17.3 Å². The van der Waals surface area contributed by atoms with Crippen LogP contribution < -0.4 is 5.32 Å². The quantitative estimate of drug-likeness (QED) is 0.864. The fourth-order valence-corrected chi connectivity index (χ4v) is 2.64. The molecule has 1 N–H and O–H groups in total. The second-order valence-corrected chi connectivity index (χ2v) is 5.81. The normalized spacial score (nSPS) is 11.0. The van der Waals surface area contributed by atoms with Gasteiger partial charge in [-0.05, 0) is 48.9 Å². The van der Waals surface area contributed by atoms with Gasteiger partial charge in [-0.2, -0.15) is 11.8 Å². The monoisotopic (exact) mass is 293 g/mol. The van der Waals surface area contributed by atoms with Crippen LogP contribution in [-0.2, 0) is 18.8 Å². The van der Waals surface area contributed by atoms with Crippen molar-refractivity contribution < 1.29 is 8.81 Å². The summed E-state index contributed by atoms with van der Waals surface area (Å²) in [6, 6.07) is 7.78. The highest BCUT2D eigenvalue weighted by Crippen LogP contribution is 2.16. The molecule has 0 saturated carbocycles. The van der Waals surface area contributed by atoms with E-state index in [1.54, 1.807) is 25.6 Å². The maximum absolute atomic E-state index is 13.5. The van der Waals surface area contributed by atoms with Crippen LogP contribution in [0, 0.1) is 19.7 Å². The number of aryl methyl sites for hydroxylation is 2. The molecule has 20 heavy (non-hydrogen) atoms. The Balaban J connectivity index is 1.89. The van der Waals surface area contributed by atoms with Crippen LogP contribution in [-0.4, -0.2) is 6.26 Å². The number of halogens is 1. The minimum atomic E-state index is -0.110. The van der Waals surface area contributed by atoms with Gasteiger partial charge in [0.25, 0.3) is 0 Å². The van der Waals surface area contributed by atoms with E-state index in [-0.39, 0.29) is 5.82 Å². The Hall–Kier alpha value is -1.26. The van der Waals surface area contributed by atoms with Crippen LogP contribution in [0.1, 0.15) is 28.2 Å². The third-order valence-corrected chi connectivity index (χ3v) is 3.70. The average molecular weight is 293 g/mol. The SMILES string of the molecule is CSCc1ccc(CNCc2cc(C)c(F)c(C)c2)o1. The third kappa shape index (κ3) is 3.87. The highest BCUT2D eigenvalue weighted by Gasteiger charge is 2.05. The molecule has 1 aromatic heterocycles. The van der Waals surface area contributed by atoms with Crippen molar-refractivity contribution in [3.8, 4) is 0 Å². The van der Waals surface area contributed by atoms with E-state index in [4.69, 9.17) is 4.42 Å². The number of rotatable bonds is 6. The number of furan rings is 1. The Morgan fingerprint density at radius 1 is 1.10 bits per heavy atom. The summed E-state index contributed by atoms with van der Waals surface area (Å²) in [5, 5.41) is 3.32. The second-order valence-electron chi connectivity index (χ2n) is 4.95. The molecule has 108 valence electrons. The van der Waals surface area contributed by atoms with E-state index in [0.29, 0.717) is 24.2 Å².